The van der Waals surface area contributed by atoms with Gasteiger partial charge in [-0.1, -0.05) is 37.4 Å². The topological polar surface area (TPSA) is 21.3 Å². The number of hydrogen-bond acceptors (Lipinski definition) is 4. The van der Waals surface area contributed by atoms with E-state index in [1.54, 1.807) is 11.4 Å². The SMILES string of the molecule is CCOP(=S)(NC=S)SC(CC)CC. The Kier molecular flexibility index (Phi) is 8.54. The van der Waals surface area contributed by atoms with Crippen LogP contribution in [0.3, 0.4) is 0 Å². The lowest BCUT2D eigenvalue weighted by Gasteiger charge is -2.24. The highest BCUT2D eigenvalue weighted by Crippen LogP contribution is 2.58. The molecule has 0 amide bonds. The molecule has 0 radical (unpaired) electrons. The Hall–Kier alpha value is 0.850. The fraction of sp³-hybridized carbons (Fsp3) is 0.875. The molecule has 1 atom stereocenters. The molecule has 0 aromatic heterocycles. The Balaban J connectivity index is 4.33. The van der Waals surface area contributed by atoms with Crippen molar-refractivity contribution in [2.24, 2.45) is 0 Å². The molecule has 1 N–H and O–H groups in total. The van der Waals surface area contributed by atoms with E-state index in [-0.39, 0.29) is 0 Å². The lowest BCUT2D eigenvalue weighted by atomic mass is 10.3. The quantitative estimate of drug-likeness (QED) is 0.535. The molecule has 0 saturated heterocycles. The van der Waals surface area contributed by atoms with Crippen molar-refractivity contribution in [2.75, 3.05) is 6.61 Å². The number of nitrogens with one attached hydrogen (secondary N) is 1. The second kappa shape index (κ2) is 8.05. The molecule has 0 aromatic carbocycles. The van der Waals surface area contributed by atoms with Crippen LogP contribution in [0.2, 0.25) is 0 Å². The minimum absolute atomic E-state index is 0.565. The van der Waals surface area contributed by atoms with Gasteiger partial charge in [0.05, 0.1) is 12.1 Å². The van der Waals surface area contributed by atoms with Crippen LogP contribution in [-0.4, -0.2) is 17.3 Å². The zero-order valence-corrected chi connectivity index (χ0v) is 12.2. The van der Waals surface area contributed by atoms with Crippen LogP contribution in [0.25, 0.3) is 0 Å². The summed E-state index contributed by atoms with van der Waals surface area (Å²) in [5.74, 6) is 0. The van der Waals surface area contributed by atoms with Gasteiger partial charge in [0.1, 0.15) is 0 Å². The predicted octanol–water partition coefficient (Wildman–Crippen LogP) is 3.72. The van der Waals surface area contributed by atoms with Crippen LogP contribution in [0.5, 0.6) is 0 Å². The molecule has 0 aliphatic heterocycles. The van der Waals surface area contributed by atoms with Crippen LogP contribution in [0.15, 0.2) is 0 Å². The predicted molar refractivity (Wildman–Crippen MR) is 74.7 cm³/mol. The molecule has 0 aliphatic carbocycles. The summed E-state index contributed by atoms with van der Waals surface area (Å²) in [4.78, 5) is 0. The summed E-state index contributed by atoms with van der Waals surface area (Å²) >= 11 is 12.0. The van der Waals surface area contributed by atoms with Gasteiger partial charge in [0.2, 0.25) is 5.62 Å². The Labute approximate surface area is 101 Å². The van der Waals surface area contributed by atoms with Crippen molar-refractivity contribution in [1.29, 1.82) is 0 Å². The highest BCUT2D eigenvalue weighted by atomic mass is 32.9. The van der Waals surface area contributed by atoms with Gasteiger partial charge in [0, 0.05) is 5.25 Å². The van der Waals surface area contributed by atoms with Crippen LogP contribution in [-0.2, 0) is 16.3 Å². The van der Waals surface area contributed by atoms with Gasteiger partial charge in [-0.25, -0.2) is 0 Å². The Bertz CT molecular complexity index is 209. The highest BCUT2D eigenvalue weighted by Gasteiger charge is 2.20. The second-order valence-electron chi connectivity index (χ2n) is 2.71. The molecular weight excluding hydrogens is 253 g/mol. The average molecular weight is 271 g/mol. The third kappa shape index (κ3) is 5.66. The zero-order chi connectivity index (χ0) is 11.0. The summed E-state index contributed by atoms with van der Waals surface area (Å²) in [5.41, 5.74) is -0.490. The monoisotopic (exact) mass is 271 g/mol. The Morgan fingerprint density at radius 1 is 1.43 bits per heavy atom. The zero-order valence-electron chi connectivity index (χ0n) is 8.86. The lowest BCUT2D eigenvalue weighted by molar-refractivity contribution is 0.383. The van der Waals surface area contributed by atoms with Crippen LogP contribution >= 0.6 is 29.2 Å². The fourth-order valence-corrected chi connectivity index (χ4v) is 7.65. The number of rotatable bonds is 8. The van der Waals surface area contributed by atoms with Crippen molar-refractivity contribution in [1.82, 2.24) is 5.09 Å². The summed E-state index contributed by atoms with van der Waals surface area (Å²) < 4.78 is 5.58. The van der Waals surface area contributed by atoms with E-state index >= 15 is 0 Å². The van der Waals surface area contributed by atoms with E-state index in [2.05, 4.69) is 18.9 Å². The minimum atomic E-state index is -1.97. The number of hydrogen-bond donors (Lipinski definition) is 1. The van der Waals surface area contributed by atoms with Crippen molar-refractivity contribution in [2.45, 2.75) is 38.9 Å². The first-order valence-electron chi connectivity index (χ1n) is 4.76. The van der Waals surface area contributed by atoms with E-state index in [0.29, 0.717) is 11.9 Å². The molecule has 0 aliphatic rings. The maximum atomic E-state index is 5.58. The van der Waals surface area contributed by atoms with E-state index < -0.39 is 5.62 Å². The van der Waals surface area contributed by atoms with E-state index in [1.165, 1.54) is 5.49 Å². The van der Waals surface area contributed by atoms with E-state index in [9.17, 15) is 0 Å². The van der Waals surface area contributed by atoms with Crippen molar-refractivity contribution >= 4 is 46.5 Å². The third-order valence-electron chi connectivity index (χ3n) is 1.71. The molecule has 0 aromatic rings. The van der Waals surface area contributed by atoms with Crippen LogP contribution in [0.1, 0.15) is 33.6 Å². The first-order valence-corrected chi connectivity index (χ1v) is 9.43. The van der Waals surface area contributed by atoms with Crippen molar-refractivity contribution in [3.8, 4) is 0 Å². The number of thiocarbonyl (C=S) groups is 1. The lowest BCUT2D eigenvalue weighted by Crippen LogP contribution is -2.10. The molecule has 0 spiro atoms. The van der Waals surface area contributed by atoms with E-state index in [0.717, 1.165) is 12.8 Å². The summed E-state index contributed by atoms with van der Waals surface area (Å²) in [5, 5.41) is 3.58. The molecule has 0 rings (SSSR count). The van der Waals surface area contributed by atoms with Crippen molar-refractivity contribution in [3.63, 3.8) is 0 Å². The van der Waals surface area contributed by atoms with Gasteiger partial charge < -0.3 is 9.61 Å². The largest absolute Gasteiger partial charge is 0.327 e. The van der Waals surface area contributed by atoms with Crippen LogP contribution in [0.4, 0.5) is 0 Å². The maximum Gasteiger partial charge on any atom is 0.210 e. The van der Waals surface area contributed by atoms with E-state index in [1.807, 2.05) is 6.92 Å². The molecule has 0 bridgehead atoms. The maximum absolute atomic E-state index is 5.58. The molecule has 84 valence electrons. The third-order valence-corrected chi connectivity index (χ3v) is 8.05. The fourth-order valence-electron chi connectivity index (χ4n) is 0.967. The second-order valence-corrected chi connectivity index (χ2v) is 9.74. The van der Waals surface area contributed by atoms with Gasteiger partial charge in [-0.2, -0.15) is 0 Å². The Morgan fingerprint density at radius 2 is 2.00 bits per heavy atom. The van der Waals surface area contributed by atoms with Crippen LogP contribution < -0.4 is 5.09 Å². The van der Waals surface area contributed by atoms with Gasteiger partial charge in [-0.3, -0.25) is 0 Å². The smallest absolute Gasteiger partial charge is 0.210 e. The molecule has 6 heteroatoms. The average Bonchev–Trinajstić information content (AvgIpc) is 2.15. The van der Waals surface area contributed by atoms with Crippen molar-refractivity contribution < 1.29 is 4.52 Å². The Morgan fingerprint density at radius 3 is 2.36 bits per heavy atom. The molecule has 14 heavy (non-hydrogen) atoms. The molecule has 0 fully saturated rings. The molecule has 0 heterocycles. The first-order chi connectivity index (χ1) is 6.61. The normalized spacial score (nSPS) is 15.1. The summed E-state index contributed by atoms with van der Waals surface area (Å²) in [6.45, 7) is 6.94. The van der Waals surface area contributed by atoms with Gasteiger partial charge in [-0.05, 0) is 31.6 Å². The molecule has 0 saturated carbocycles. The summed E-state index contributed by atoms with van der Waals surface area (Å²) in [6.07, 6.45) is 2.23. The van der Waals surface area contributed by atoms with Gasteiger partial charge in [0.15, 0.2) is 0 Å². The van der Waals surface area contributed by atoms with Gasteiger partial charge in [-0.15, -0.1) is 0 Å². The summed E-state index contributed by atoms with van der Waals surface area (Å²) in [7, 11) is 0. The minimum Gasteiger partial charge on any atom is -0.327 e. The van der Waals surface area contributed by atoms with Gasteiger partial charge in [0.25, 0.3) is 0 Å². The molecule has 1 unspecified atom stereocenters. The summed E-state index contributed by atoms with van der Waals surface area (Å²) in [6, 6.07) is 0. The molecular formula is C8H18NOPS3. The highest BCUT2D eigenvalue weighted by molar-refractivity contribution is 8.69. The van der Waals surface area contributed by atoms with Gasteiger partial charge >= 0.3 is 0 Å². The van der Waals surface area contributed by atoms with E-state index in [4.69, 9.17) is 28.5 Å². The van der Waals surface area contributed by atoms with Crippen molar-refractivity contribution in [3.05, 3.63) is 0 Å². The standard InChI is InChI=1S/C8H18NOPS3/c1-4-8(5-2)14-11(13,9-7-12)10-6-3/h7-8H,4-6H2,1-3H3,(H,9,12,13). The molecule has 2 nitrogen and oxygen atoms in total. The van der Waals surface area contributed by atoms with Crippen LogP contribution in [0, 0.1) is 0 Å². The first kappa shape index (κ1) is 14.8.